The van der Waals surface area contributed by atoms with Crippen LogP contribution in [0.15, 0.2) is 0 Å². The normalized spacial score (nSPS) is 42.1. The second-order valence-corrected chi connectivity index (χ2v) is 7.83. The van der Waals surface area contributed by atoms with Crippen molar-refractivity contribution in [3.63, 3.8) is 0 Å². The summed E-state index contributed by atoms with van der Waals surface area (Å²) < 4.78 is 6.07. The van der Waals surface area contributed by atoms with E-state index < -0.39 is 0 Å². The van der Waals surface area contributed by atoms with Gasteiger partial charge in [-0.15, -0.1) is 0 Å². The Hall–Kier alpha value is -0.120. The highest BCUT2D eigenvalue weighted by molar-refractivity contribution is 5.11. The molecular formula is C18H32N2O. The monoisotopic (exact) mass is 292 g/mol. The number of hydrogen-bond acceptors (Lipinski definition) is 3. The molecule has 2 aliphatic carbocycles. The lowest BCUT2D eigenvalue weighted by Crippen LogP contribution is -2.65. The van der Waals surface area contributed by atoms with Gasteiger partial charge in [0.25, 0.3) is 0 Å². The minimum Gasteiger partial charge on any atom is -0.378 e. The van der Waals surface area contributed by atoms with Crippen LogP contribution in [0.2, 0.25) is 0 Å². The lowest BCUT2D eigenvalue weighted by molar-refractivity contribution is -0.133. The fourth-order valence-electron chi connectivity index (χ4n) is 5.82. The van der Waals surface area contributed by atoms with E-state index in [9.17, 15) is 0 Å². The van der Waals surface area contributed by atoms with E-state index in [0.29, 0.717) is 11.5 Å². The molecule has 4 aliphatic rings. The summed E-state index contributed by atoms with van der Waals surface area (Å²) in [6, 6.07) is 2.34. The van der Waals surface area contributed by atoms with Crippen LogP contribution in [0.25, 0.3) is 0 Å². The molecule has 3 nitrogen and oxygen atoms in total. The van der Waals surface area contributed by atoms with Gasteiger partial charge in [0.15, 0.2) is 0 Å². The minimum atomic E-state index is 0.498. The van der Waals surface area contributed by atoms with Gasteiger partial charge in [-0.1, -0.05) is 19.3 Å². The fraction of sp³-hybridized carbons (Fsp3) is 1.00. The summed E-state index contributed by atoms with van der Waals surface area (Å²) >= 11 is 0. The first-order chi connectivity index (χ1) is 10.3. The van der Waals surface area contributed by atoms with Crippen molar-refractivity contribution in [2.24, 2.45) is 5.41 Å². The van der Waals surface area contributed by atoms with Gasteiger partial charge in [-0.3, -0.25) is 4.90 Å². The maximum Gasteiger partial charge on any atom is 0.0661 e. The third-order valence-corrected chi connectivity index (χ3v) is 6.96. The number of nitrogens with one attached hydrogen (secondary N) is 1. The number of rotatable bonds is 4. The van der Waals surface area contributed by atoms with Crippen molar-refractivity contribution in [2.45, 2.75) is 88.9 Å². The van der Waals surface area contributed by atoms with Gasteiger partial charge in [-0.2, -0.15) is 0 Å². The van der Waals surface area contributed by atoms with Crippen LogP contribution < -0.4 is 5.32 Å². The largest absolute Gasteiger partial charge is 0.378 e. The molecule has 0 bridgehead atoms. The maximum atomic E-state index is 6.07. The molecule has 1 N–H and O–H groups in total. The van der Waals surface area contributed by atoms with Crippen molar-refractivity contribution in [1.29, 1.82) is 0 Å². The smallest absolute Gasteiger partial charge is 0.0661 e. The predicted octanol–water partition coefficient (Wildman–Crippen LogP) is 2.94. The van der Waals surface area contributed by atoms with Crippen LogP contribution in [-0.2, 0) is 4.74 Å². The highest BCUT2D eigenvalue weighted by Crippen LogP contribution is 2.55. The van der Waals surface area contributed by atoms with Gasteiger partial charge in [-0.25, -0.2) is 0 Å². The third kappa shape index (κ3) is 2.36. The zero-order chi connectivity index (χ0) is 14.3. The summed E-state index contributed by atoms with van der Waals surface area (Å²) in [6.45, 7) is 5.72. The standard InChI is InChI=1S/C18H32N2O/c1-2-21-17-13-16(18(17)9-4-5-10-18)19-14-8-12-20-11-6-3-7-15(14)20/h14-17,19H,2-13H2,1H3. The van der Waals surface area contributed by atoms with Crippen molar-refractivity contribution in [1.82, 2.24) is 10.2 Å². The van der Waals surface area contributed by atoms with E-state index in [-0.39, 0.29) is 0 Å². The van der Waals surface area contributed by atoms with Crippen LogP contribution in [0.4, 0.5) is 0 Å². The first-order valence-electron chi connectivity index (χ1n) is 9.45. The fourth-order valence-corrected chi connectivity index (χ4v) is 5.82. The summed E-state index contributed by atoms with van der Waals surface area (Å²) in [5.41, 5.74) is 0.498. The molecule has 4 atom stereocenters. The molecule has 2 saturated carbocycles. The van der Waals surface area contributed by atoms with Gasteiger partial charge in [0, 0.05) is 36.7 Å². The van der Waals surface area contributed by atoms with E-state index in [2.05, 4.69) is 17.1 Å². The summed E-state index contributed by atoms with van der Waals surface area (Å²) in [7, 11) is 0. The van der Waals surface area contributed by atoms with Gasteiger partial charge in [-0.05, 0) is 52.0 Å². The molecule has 4 fully saturated rings. The van der Waals surface area contributed by atoms with Crippen LogP contribution in [0.3, 0.4) is 0 Å². The van der Waals surface area contributed by atoms with Gasteiger partial charge < -0.3 is 10.1 Å². The number of fused-ring (bicyclic) bond motifs is 1. The predicted molar refractivity (Wildman–Crippen MR) is 85.5 cm³/mol. The Kier molecular flexibility index (Phi) is 4.01. The zero-order valence-electron chi connectivity index (χ0n) is 13.7. The van der Waals surface area contributed by atoms with E-state index in [1.54, 1.807) is 0 Å². The van der Waals surface area contributed by atoms with E-state index in [0.717, 1.165) is 24.7 Å². The molecule has 0 amide bonds. The molecule has 0 aromatic rings. The molecular weight excluding hydrogens is 260 g/mol. The van der Waals surface area contributed by atoms with E-state index in [4.69, 9.17) is 4.74 Å². The molecule has 2 aliphatic heterocycles. The van der Waals surface area contributed by atoms with Crippen LogP contribution >= 0.6 is 0 Å². The van der Waals surface area contributed by atoms with Crippen LogP contribution in [0.5, 0.6) is 0 Å². The van der Waals surface area contributed by atoms with Crippen LogP contribution in [0.1, 0.15) is 64.7 Å². The molecule has 2 heterocycles. The Balaban J connectivity index is 1.40. The summed E-state index contributed by atoms with van der Waals surface area (Å²) in [4.78, 5) is 2.75. The lowest BCUT2D eigenvalue weighted by atomic mass is 9.60. The molecule has 0 aromatic carbocycles. The number of ether oxygens (including phenoxy) is 1. The first-order valence-corrected chi connectivity index (χ1v) is 9.45. The number of nitrogens with zero attached hydrogens (tertiary/aromatic N) is 1. The van der Waals surface area contributed by atoms with Crippen LogP contribution in [0, 0.1) is 5.41 Å². The quantitative estimate of drug-likeness (QED) is 0.862. The molecule has 2 saturated heterocycles. The molecule has 3 heteroatoms. The third-order valence-electron chi connectivity index (χ3n) is 6.96. The molecule has 4 unspecified atom stereocenters. The Morgan fingerprint density at radius 2 is 1.95 bits per heavy atom. The Morgan fingerprint density at radius 1 is 1.10 bits per heavy atom. The maximum absolute atomic E-state index is 6.07. The van der Waals surface area contributed by atoms with Crippen molar-refractivity contribution < 1.29 is 4.74 Å². The van der Waals surface area contributed by atoms with Gasteiger partial charge in [0.1, 0.15) is 0 Å². The van der Waals surface area contributed by atoms with Gasteiger partial charge in [0.2, 0.25) is 0 Å². The van der Waals surface area contributed by atoms with Crippen LogP contribution in [-0.4, -0.2) is 48.8 Å². The summed E-state index contributed by atoms with van der Waals surface area (Å²) in [5, 5.41) is 4.11. The lowest BCUT2D eigenvalue weighted by Gasteiger charge is -2.55. The summed E-state index contributed by atoms with van der Waals surface area (Å²) in [5.74, 6) is 0. The Bertz CT molecular complexity index is 366. The molecule has 0 radical (unpaired) electrons. The second kappa shape index (κ2) is 5.82. The summed E-state index contributed by atoms with van der Waals surface area (Å²) in [6.07, 6.45) is 13.1. The first kappa shape index (κ1) is 14.5. The van der Waals surface area contributed by atoms with E-state index >= 15 is 0 Å². The SMILES string of the molecule is CCOC1CC(NC2CCN3CCCCC23)C12CCCC2. The van der Waals surface area contributed by atoms with Gasteiger partial charge in [0.05, 0.1) is 6.10 Å². The Labute approximate surface area is 129 Å². The molecule has 4 rings (SSSR count). The number of hydrogen-bond donors (Lipinski definition) is 1. The van der Waals surface area contributed by atoms with Gasteiger partial charge >= 0.3 is 0 Å². The molecule has 120 valence electrons. The molecule has 0 aromatic heterocycles. The van der Waals surface area contributed by atoms with Crippen molar-refractivity contribution >= 4 is 0 Å². The zero-order valence-corrected chi connectivity index (χ0v) is 13.7. The molecule has 1 spiro atoms. The van der Waals surface area contributed by atoms with Crippen molar-refractivity contribution in [3.8, 4) is 0 Å². The van der Waals surface area contributed by atoms with E-state index in [1.807, 2.05) is 0 Å². The average molecular weight is 292 g/mol. The number of piperidine rings is 1. The Morgan fingerprint density at radius 3 is 2.76 bits per heavy atom. The highest BCUT2D eigenvalue weighted by Gasteiger charge is 2.57. The second-order valence-electron chi connectivity index (χ2n) is 7.83. The van der Waals surface area contributed by atoms with E-state index in [1.165, 1.54) is 70.9 Å². The van der Waals surface area contributed by atoms with Crippen molar-refractivity contribution in [2.75, 3.05) is 19.7 Å². The minimum absolute atomic E-state index is 0.498. The van der Waals surface area contributed by atoms with Crippen molar-refractivity contribution in [3.05, 3.63) is 0 Å². The highest BCUT2D eigenvalue weighted by atomic mass is 16.5. The average Bonchev–Trinajstić information content (AvgIpc) is 3.15. The molecule has 21 heavy (non-hydrogen) atoms. The topological polar surface area (TPSA) is 24.5 Å².